The summed E-state index contributed by atoms with van der Waals surface area (Å²) in [5, 5.41) is 3.50. The molecule has 0 bridgehead atoms. The van der Waals surface area contributed by atoms with Gasteiger partial charge >= 0.3 is 0 Å². The average molecular weight is 386 g/mol. The number of anilines is 4. The number of hydrogen-bond acceptors (Lipinski definition) is 5. The van der Waals surface area contributed by atoms with Gasteiger partial charge in [0, 0.05) is 49.2 Å². The summed E-state index contributed by atoms with van der Waals surface area (Å²) in [4.78, 5) is 14.5. The molecule has 0 atom stereocenters. The quantitative estimate of drug-likeness (QED) is 0.663. The fourth-order valence-corrected chi connectivity index (χ4v) is 4.20. The summed E-state index contributed by atoms with van der Waals surface area (Å²) in [5.41, 5.74) is 3.40. The standard InChI is InChI=1S/C24H27N5/c1-2-8-19(9-3-1)24-26-22(18-23(27-24)29-16-6-7-17-29)25-20-10-12-21(13-11-20)28-14-4-5-15-28/h1-3,8-13,18H,4-7,14-17H2,(H,25,26,27). The number of benzene rings is 2. The van der Waals surface area contributed by atoms with E-state index < -0.39 is 0 Å². The van der Waals surface area contributed by atoms with E-state index in [1.807, 2.05) is 18.2 Å². The van der Waals surface area contributed by atoms with E-state index in [-0.39, 0.29) is 0 Å². The van der Waals surface area contributed by atoms with Gasteiger partial charge in [-0.2, -0.15) is 0 Å². The minimum absolute atomic E-state index is 0.770. The lowest BCUT2D eigenvalue weighted by Gasteiger charge is -2.19. The molecule has 2 saturated heterocycles. The molecule has 1 N–H and O–H groups in total. The largest absolute Gasteiger partial charge is 0.372 e. The van der Waals surface area contributed by atoms with E-state index in [2.05, 4.69) is 57.6 Å². The molecular weight excluding hydrogens is 358 g/mol. The summed E-state index contributed by atoms with van der Waals surface area (Å²) >= 11 is 0. The van der Waals surface area contributed by atoms with Crippen LogP contribution in [-0.2, 0) is 0 Å². The van der Waals surface area contributed by atoms with E-state index in [1.54, 1.807) is 0 Å². The lowest BCUT2D eigenvalue weighted by atomic mass is 10.2. The average Bonchev–Trinajstić information content (AvgIpc) is 3.49. The molecule has 5 rings (SSSR count). The summed E-state index contributed by atoms with van der Waals surface area (Å²) in [6, 6.07) is 21.0. The summed E-state index contributed by atoms with van der Waals surface area (Å²) in [5.74, 6) is 2.62. The Hall–Kier alpha value is -3.08. The zero-order valence-corrected chi connectivity index (χ0v) is 16.7. The highest BCUT2D eigenvalue weighted by Gasteiger charge is 2.17. The third-order valence-electron chi connectivity index (χ3n) is 5.79. The molecular formula is C24H27N5. The van der Waals surface area contributed by atoms with Gasteiger partial charge in [-0.25, -0.2) is 9.97 Å². The molecule has 2 aliphatic rings. The zero-order chi connectivity index (χ0) is 19.5. The Balaban J connectivity index is 1.43. The van der Waals surface area contributed by atoms with Crippen LogP contribution in [0.5, 0.6) is 0 Å². The Morgan fingerprint density at radius 2 is 1.34 bits per heavy atom. The van der Waals surface area contributed by atoms with Crippen molar-refractivity contribution in [1.82, 2.24) is 9.97 Å². The summed E-state index contributed by atoms with van der Waals surface area (Å²) in [7, 11) is 0. The molecule has 1 aromatic heterocycles. The second-order valence-corrected chi connectivity index (χ2v) is 7.86. The maximum absolute atomic E-state index is 4.86. The summed E-state index contributed by atoms with van der Waals surface area (Å²) < 4.78 is 0. The fourth-order valence-electron chi connectivity index (χ4n) is 4.20. The van der Waals surface area contributed by atoms with Crippen molar-refractivity contribution in [1.29, 1.82) is 0 Å². The van der Waals surface area contributed by atoms with E-state index in [9.17, 15) is 0 Å². The minimum atomic E-state index is 0.770. The Morgan fingerprint density at radius 1 is 0.690 bits per heavy atom. The van der Waals surface area contributed by atoms with Crippen LogP contribution < -0.4 is 15.1 Å². The number of hydrogen-bond donors (Lipinski definition) is 1. The molecule has 5 heteroatoms. The van der Waals surface area contributed by atoms with E-state index >= 15 is 0 Å². The molecule has 0 unspecified atom stereocenters. The Kier molecular flexibility index (Phi) is 5.03. The highest BCUT2D eigenvalue weighted by molar-refractivity contribution is 5.67. The predicted octanol–water partition coefficient (Wildman–Crippen LogP) is 5.09. The minimum Gasteiger partial charge on any atom is -0.372 e. The molecule has 29 heavy (non-hydrogen) atoms. The van der Waals surface area contributed by atoms with Gasteiger partial charge in [0.25, 0.3) is 0 Å². The summed E-state index contributed by atoms with van der Waals surface area (Å²) in [6.45, 7) is 4.46. The SMILES string of the molecule is c1ccc(-c2nc(Nc3ccc(N4CCCC4)cc3)cc(N3CCCC3)n2)cc1. The molecule has 2 fully saturated rings. The molecule has 2 aromatic carbocycles. The molecule has 0 saturated carbocycles. The van der Waals surface area contributed by atoms with Gasteiger partial charge in [0.05, 0.1) is 0 Å². The molecule has 0 radical (unpaired) electrons. The third kappa shape index (κ3) is 4.04. The van der Waals surface area contributed by atoms with Gasteiger partial charge in [0.2, 0.25) is 0 Å². The topological polar surface area (TPSA) is 44.3 Å². The van der Waals surface area contributed by atoms with Gasteiger partial charge in [-0.3, -0.25) is 0 Å². The van der Waals surface area contributed by atoms with E-state index in [0.717, 1.165) is 54.9 Å². The molecule has 5 nitrogen and oxygen atoms in total. The number of aromatic nitrogens is 2. The molecule has 148 valence electrons. The molecule has 2 aliphatic heterocycles. The number of rotatable bonds is 5. The maximum Gasteiger partial charge on any atom is 0.163 e. The molecule has 0 amide bonds. The summed E-state index contributed by atoms with van der Waals surface area (Å²) in [6.07, 6.45) is 5.04. The van der Waals surface area contributed by atoms with Gasteiger partial charge in [-0.05, 0) is 49.9 Å². The lowest BCUT2D eigenvalue weighted by Crippen LogP contribution is -2.19. The molecule has 3 aromatic rings. The van der Waals surface area contributed by atoms with Crippen molar-refractivity contribution in [3.63, 3.8) is 0 Å². The first kappa shape index (κ1) is 18.0. The van der Waals surface area contributed by atoms with Crippen LogP contribution in [0.4, 0.5) is 23.0 Å². The molecule has 0 aliphatic carbocycles. The monoisotopic (exact) mass is 385 g/mol. The maximum atomic E-state index is 4.86. The van der Waals surface area contributed by atoms with Crippen LogP contribution in [0.1, 0.15) is 25.7 Å². The number of nitrogens with zero attached hydrogens (tertiary/aromatic N) is 4. The fraction of sp³-hybridized carbons (Fsp3) is 0.333. The zero-order valence-electron chi connectivity index (χ0n) is 16.7. The Morgan fingerprint density at radius 3 is 2.03 bits per heavy atom. The van der Waals surface area contributed by atoms with Crippen LogP contribution in [-0.4, -0.2) is 36.1 Å². The molecule has 0 spiro atoms. The lowest BCUT2D eigenvalue weighted by molar-refractivity contribution is 0.931. The van der Waals surface area contributed by atoms with Crippen molar-refractivity contribution in [2.45, 2.75) is 25.7 Å². The Labute approximate surface area is 172 Å². The van der Waals surface area contributed by atoms with Gasteiger partial charge in [-0.1, -0.05) is 30.3 Å². The van der Waals surface area contributed by atoms with Gasteiger partial charge in [0.1, 0.15) is 11.6 Å². The number of nitrogens with one attached hydrogen (secondary N) is 1. The van der Waals surface area contributed by atoms with Gasteiger partial charge in [0.15, 0.2) is 5.82 Å². The van der Waals surface area contributed by atoms with Crippen LogP contribution in [0.2, 0.25) is 0 Å². The second-order valence-electron chi connectivity index (χ2n) is 7.86. The normalized spacial score (nSPS) is 16.4. The van der Waals surface area contributed by atoms with Crippen molar-refractivity contribution in [2.24, 2.45) is 0 Å². The van der Waals surface area contributed by atoms with Gasteiger partial charge < -0.3 is 15.1 Å². The van der Waals surface area contributed by atoms with E-state index in [1.165, 1.54) is 31.4 Å². The molecule has 3 heterocycles. The van der Waals surface area contributed by atoms with Crippen molar-refractivity contribution in [3.8, 4) is 11.4 Å². The highest BCUT2D eigenvalue weighted by atomic mass is 15.2. The van der Waals surface area contributed by atoms with E-state index in [0.29, 0.717) is 0 Å². The smallest absolute Gasteiger partial charge is 0.163 e. The van der Waals surface area contributed by atoms with Crippen LogP contribution in [0.15, 0.2) is 60.7 Å². The van der Waals surface area contributed by atoms with E-state index in [4.69, 9.17) is 9.97 Å². The first-order valence-electron chi connectivity index (χ1n) is 10.7. The van der Waals surface area contributed by atoms with Crippen molar-refractivity contribution in [2.75, 3.05) is 41.3 Å². The first-order valence-corrected chi connectivity index (χ1v) is 10.7. The van der Waals surface area contributed by atoms with Crippen LogP contribution in [0.3, 0.4) is 0 Å². The van der Waals surface area contributed by atoms with Crippen LogP contribution in [0, 0.1) is 0 Å². The van der Waals surface area contributed by atoms with Crippen LogP contribution in [0.25, 0.3) is 11.4 Å². The highest BCUT2D eigenvalue weighted by Crippen LogP contribution is 2.28. The predicted molar refractivity (Wildman–Crippen MR) is 120 cm³/mol. The van der Waals surface area contributed by atoms with Gasteiger partial charge in [-0.15, -0.1) is 0 Å². The van der Waals surface area contributed by atoms with Crippen molar-refractivity contribution in [3.05, 3.63) is 60.7 Å². The third-order valence-corrected chi connectivity index (χ3v) is 5.79. The van der Waals surface area contributed by atoms with Crippen LogP contribution >= 0.6 is 0 Å². The van der Waals surface area contributed by atoms with Crippen molar-refractivity contribution >= 4 is 23.0 Å². The first-order chi connectivity index (χ1) is 14.3. The second kappa shape index (κ2) is 8.11. The Bertz CT molecular complexity index is 943. The van der Waals surface area contributed by atoms with Crippen molar-refractivity contribution < 1.29 is 0 Å².